The van der Waals surface area contributed by atoms with Crippen molar-refractivity contribution in [1.29, 1.82) is 0 Å². The first-order valence-corrected chi connectivity index (χ1v) is 8.95. The second kappa shape index (κ2) is 6.62. The molecule has 0 N–H and O–H groups in total. The van der Waals surface area contributed by atoms with Crippen LogP contribution in [0.4, 0.5) is 5.69 Å². The zero-order valence-corrected chi connectivity index (χ0v) is 15.0. The molecule has 23 heavy (non-hydrogen) atoms. The van der Waals surface area contributed by atoms with Crippen molar-refractivity contribution in [2.24, 2.45) is 0 Å². The maximum absolute atomic E-state index is 12.8. The first-order valence-electron chi connectivity index (χ1n) is 7.51. The molecule has 0 atom stereocenters. The summed E-state index contributed by atoms with van der Waals surface area (Å²) in [6.07, 6.45) is 0. The fraction of sp³-hybridized carbons (Fsp3) is 0.333. The Hall–Kier alpha value is -2.01. The molecule has 0 spiro atoms. The van der Waals surface area contributed by atoms with Gasteiger partial charge in [0.25, 0.3) is 10.0 Å². The lowest BCUT2D eigenvalue weighted by molar-refractivity contribution is 0.411. The molecule has 0 heterocycles. The maximum atomic E-state index is 12.8. The molecule has 2 aromatic carbocycles. The fourth-order valence-electron chi connectivity index (χ4n) is 2.38. The Morgan fingerprint density at radius 3 is 2.13 bits per heavy atom. The van der Waals surface area contributed by atoms with Gasteiger partial charge in [-0.3, -0.25) is 4.31 Å². The van der Waals surface area contributed by atoms with Gasteiger partial charge in [-0.1, -0.05) is 26.0 Å². The Kier molecular flexibility index (Phi) is 5.00. The lowest BCUT2D eigenvalue weighted by Gasteiger charge is -2.20. The summed E-state index contributed by atoms with van der Waals surface area (Å²) in [4.78, 5) is 0.256. The van der Waals surface area contributed by atoms with Crippen LogP contribution in [0.25, 0.3) is 0 Å². The quantitative estimate of drug-likeness (QED) is 0.832. The second-order valence-corrected chi connectivity index (χ2v) is 7.82. The monoisotopic (exact) mass is 333 g/mol. The number of anilines is 1. The molecular formula is C18H23NO3S. The van der Waals surface area contributed by atoms with Crippen molar-refractivity contribution in [2.75, 3.05) is 18.5 Å². The van der Waals surface area contributed by atoms with Crippen molar-refractivity contribution in [2.45, 2.75) is 31.6 Å². The molecule has 0 aliphatic carbocycles. The molecular weight excluding hydrogens is 310 g/mol. The summed E-state index contributed by atoms with van der Waals surface area (Å²) in [6, 6.07) is 12.5. The van der Waals surface area contributed by atoms with Crippen molar-refractivity contribution < 1.29 is 13.2 Å². The summed E-state index contributed by atoms with van der Waals surface area (Å²) in [5.74, 6) is 1.09. The minimum Gasteiger partial charge on any atom is -0.496 e. The third kappa shape index (κ3) is 3.50. The lowest BCUT2D eigenvalue weighted by atomic mass is 10.0. The molecule has 5 heteroatoms. The van der Waals surface area contributed by atoms with Gasteiger partial charge in [-0.2, -0.15) is 0 Å². The highest BCUT2D eigenvalue weighted by Gasteiger charge is 2.22. The van der Waals surface area contributed by atoms with E-state index in [2.05, 4.69) is 13.8 Å². The Labute approximate surface area is 138 Å². The minimum atomic E-state index is -3.59. The van der Waals surface area contributed by atoms with Crippen molar-refractivity contribution in [3.63, 3.8) is 0 Å². The average molecular weight is 333 g/mol. The number of hydrogen-bond acceptors (Lipinski definition) is 3. The summed E-state index contributed by atoms with van der Waals surface area (Å²) >= 11 is 0. The van der Waals surface area contributed by atoms with E-state index in [0.717, 1.165) is 5.56 Å². The lowest BCUT2D eigenvalue weighted by Crippen LogP contribution is -2.26. The van der Waals surface area contributed by atoms with Gasteiger partial charge in [-0.25, -0.2) is 8.42 Å². The van der Waals surface area contributed by atoms with E-state index in [1.165, 1.54) is 9.87 Å². The van der Waals surface area contributed by atoms with Crippen LogP contribution in [0.15, 0.2) is 47.4 Å². The maximum Gasteiger partial charge on any atom is 0.264 e. The van der Waals surface area contributed by atoms with Gasteiger partial charge in [0.2, 0.25) is 0 Å². The van der Waals surface area contributed by atoms with Gasteiger partial charge in [0.1, 0.15) is 5.75 Å². The van der Waals surface area contributed by atoms with Crippen molar-refractivity contribution in [3.8, 4) is 5.75 Å². The van der Waals surface area contributed by atoms with Crippen LogP contribution in [-0.2, 0) is 10.0 Å². The topological polar surface area (TPSA) is 46.6 Å². The summed E-state index contributed by atoms with van der Waals surface area (Å²) < 4.78 is 32.1. The van der Waals surface area contributed by atoms with Gasteiger partial charge >= 0.3 is 0 Å². The highest BCUT2D eigenvalue weighted by Crippen LogP contribution is 2.27. The number of rotatable bonds is 5. The number of nitrogens with zero attached hydrogens (tertiary/aromatic N) is 1. The Morgan fingerprint density at radius 1 is 1.04 bits per heavy atom. The molecule has 0 bridgehead atoms. The number of aryl methyl sites for hydroxylation is 1. The molecule has 0 radical (unpaired) electrons. The van der Waals surface area contributed by atoms with Gasteiger partial charge in [0, 0.05) is 7.05 Å². The predicted molar refractivity (Wildman–Crippen MR) is 93.9 cm³/mol. The molecule has 2 rings (SSSR count). The Balaban J connectivity index is 2.36. The molecule has 0 aliphatic heterocycles. The smallest absolute Gasteiger partial charge is 0.264 e. The normalized spacial score (nSPS) is 11.6. The fourth-order valence-corrected chi connectivity index (χ4v) is 3.66. The number of hydrogen-bond donors (Lipinski definition) is 0. The Morgan fingerprint density at radius 2 is 1.65 bits per heavy atom. The largest absolute Gasteiger partial charge is 0.496 e. The van der Waals surface area contributed by atoms with Crippen LogP contribution in [0, 0.1) is 6.92 Å². The SMILES string of the molecule is COc1ccc(S(=O)(=O)N(C)c2ccc(C(C)C)cc2)cc1C. The summed E-state index contributed by atoms with van der Waals surface area (Å²) in [5, 5.41) is 0. The highest BCUT2D eigenvalue weighted by atomic mass is 32.2. The summed E-state index contributed by atoms with van der Waals surface area (Å²) in [5.41, 5.74) is 2.61. The number of methoxy groups -OCH3 is 1. The molecule has 0 aliphatic rings. The molecule has 124 valence electrons. The van der Waals surface area contributed by atoms with Crippen LogP contribution in [0.2, 0.25) is 0 Å². The molecule has 4 nitrogen and oxygen atoms in total. The van der Waals surface area contributed by atoms with E-state index in [9.17, 15) is 8.42 Å². The van der Waals surface area contributed by atoms with Gasteiger partial charge < -0.3 is 4.74 Å². The minimum absolute atomic E-state index is 0.256. The van der Waals surface area contributed by atoms with Gasteiger partial charge in [0.15, 0.2) is 0 Å². The third-order valence-corrected chi connectivity index (χ3v) is 5.73. The van der Waals surface area contributed by atoms with E-state index < -0.39 is 10.0 Å². The zero-order valence-electron chi connectivity index (χ0n) is 14.2. The van der Waals surface area contributed by atoms with E-state index in [-0.39, 0.29) is 4.90 Å². The molecule has 0 saturated carbocycles. The van der Waals surface area contributed by atoms with Crippen LogP contribution in [0.3, 0.4) is 0 Å². The van der Waals surface area contributed by atoms with Crippen molar-refractivity contribution >= 4 is 15.7 Å². The van der Waals surface area contributed by atoms with E-state index in [1.54, 1.807) is 32.4 Å². The standard InChI is InChI=1S/C18H23NO3S/c1-13(2)15-6-8-16(9-7-15)19(4)23(20,21)17-10-11-18(22-5)14(3)12-17/h6-13H,1-5H3. The third-order valence-electron chi connectivity index (χ3n) is 3.95. The van der Waals surface area contributed by atoms with Crippen LogP contribution in [0.1, 0.15) is 30.9 Å². The molecule has 0 fully saturated rings. The second-order valence-electron chi connectivity index (χ2n) is 5.85. The van der Waals surface area contributed by atoms with Crippen LogP contribution < -0.4 is 9.04 Å². The summed E-state index contributed by atoms with van der Waals surface area (Å²) in [6.45, 7) is 6.04. The van der Waals surface area contributed by atoms with Crippen LogP contribution in [-0.4, -0.2) is 22.6 Å². The Bertz CT molecular complexity index is 780. The van der Waals surface area contributed by atoms with E-state index in [0.29, 0.717) is 17.4 Å². The number of benzene rings is 2. The van der Waals surface area contributed by atoms with Gasteiger partial charge in [-0.05, 0) is 54.3 Å². The van der Waals surface area contributed by atoms with E-state index in [1.807, 2.05) is 31.2 Å². The number of ether oxygens (including phenoxy) is 1. The highest BCUT2D eigenvalue weighted by molar-refractivity contribution is 7.92. The summed E-state index contributed by atoms with van der Waals surface area (Å²) in [7, 11) is -0.458. The first kappa shape index (κ1) is 17.3. The van der Waals surface area contributed by atoms with Gasteiger partial charge in [-0.15, -0.1) is 0 Å². The van der Waals surface area contributed by atoms with Crippen molar-refractivity contribution in [3.05, 3.63) is 53.6 Å². The first-order chi connectivity index (χ1) is 10.8. The molecule has 0 unspecified atom stereocenters. The van der Waals surface area contributed by atoms with E-state index in [4.69, 9.17) is 4.74 Å². The van der Waals surface area contributed by atoms with Crippen LogP contribution >= 0.6 is 0 Å². The van der Waals surface area contributed by atoms with Gasteiger partial charge in [0.05, 0.1) is 17.7 Å². The van der Waals surface area contributed by atoms with Crippen LogP contribution in [0.5, 0.6) is 5.75 Å². The molecule has 0 aromatic heterocycles. The average Bonchev–Trinajstić information content (AvgIpc) is 2.54. The van der Waals surface area contributed by atoms with E-state index >= 15 is 0 Å². The molecule has 0 amide bonds. The van der Waals surface area contributed by atoms with Crippen molar-refractivity contribution in [1.82, 2.24) is 0 Å². The molecule has 0 saturated heterocycles. The predicted octanol–water partition coefficient (Wildman–Crippen LogP) is 3.95. The zero-order chi connectivity index (χ0) is 17.2. The number of sulfonamides is 1. The molecule has 2 aromatic rings.